The molecule has 1 aromatic heterocycles. The third kappa shape index (κ3) is 2.27. The van der Waals surface area contributed by atoms with Crippen LogP contribution in [0.1, 0.15) is 25.5 Å². The summed E-state index contributed by atoms with van der Waals surface area (Å²) < 4.78 is 7.24. The average molecular weight is 258 g/mol. The first-order valence-corrected chi connectivity index (χ1v) is 6.25. The fourth-order valence-electron chi connectivity index (χ4n) is 2.31. The maximum Gasteiger partial charge on any atom is 0.201 e. The summed E-state index contributed by atoms with van der Waals surface area (Å²) in [5.41, 5.74) is 8.12. The Morgan fingerprint density at radius 1 is 1.47 bits per heavy atom. The molecule has 100 valence electrons. The number of nitrogens with two attached hydrogens (primary N) is 1. The summed E-state index contributed by atoms with van der Waals surface area (Å²) in [6, 6.07) is 7.78. The Balaban J connectivity index is 2.66. The van der Waals surface area contributed by atoms with Gasteiger partial charge in [0.05, 0.1) is 23.7 Å². The van der Waals surface area contributed by atoms with Gasteiger partial charge in [0.15, 0.2) is 0 Å². The molecule has 2 N–H and O–H groups in total. The Morgan fingerprint density at radius 2 is 2.21 bits per heavy atom. The molecule has 0 spiro atoms. The summed E-state index contributed by atoms with van der Waals surface area (Å²) in [4.78, 5) is 4.33. The summed E-state index contributed by atoms with van der Waals surface area (Å²) in [7, 11) is 1.67. The number of nitrogen functional groups attached to an aromatic ring is 1. The smallest absolute Gasteiger partial charge is 0.201 e. The minimum atomic E-state index is 0.101. The van der Waals surface area contributed by atoms with Crippen LogP contribution in [-0.2, 0) is 4.74 Å². The van der Waals surface area contributed by atoms with Gasteiger partial charge in [-0.25, -0.2) is 4.98 Å². The van der Waals surface area contributed by atoms with Gasteiger partial charge in [-0.1, -0.05) is 19.9 Å². The minimum absolute atomic E-state index is 0.101. The molecule has 1 aromatic carbocycles. The van der Waals surface area contributed by atoms with E-state index in [0.717, 1.165) is 5.52 Å². The molecule has 0 fully saturated rings. The molecular weight excluding hydrogens is 240 g/mol. The molecule has 0 aliphatic heterocycles. The predicted octanol–water partition coefficient (Wildman–Crippen LogP) is 2.33. The first kappa shape index (κ1) is 13.4. The normalized spacial score (nSPS) is 12.8. The van der Waals surface area contributed by atoms with E-state index in [9.17, 15) is 0 Å². The fraction of sp³-hybridized carbons (Fsp3) is 0.429. The number of aromatic nitrogens is 2. The number of hydrogen-bond acceptors (Lipinski definition) is 4. The Labute approximate surface area is 112 Å². The van der Waals surface area contributed by atoms with E-state index in [1.165, 1.54) is 0 Å². The molecule has 19 heavy (non-hydrogen) atoms. The van der Waals surface area contributed by atoms with Gasteiger partial charge >= 0.3 is 0 Å². The number of anilines is 1. The first-order chi connectivity index (χ1) is 9.10. The van der Waals surface area contributed by atoms with Gasteiger partial charge in [0.1, 0.15) is 11.6 Å². The number of nitriles is 1. The molecule has 0 aliphatic rings. The predicted molar refractivity (Wildman–Crippen MR) is 74.6 cm³/mol. The third-order valence-corrected chi connectivity index (χ3v) is 3.31. The Morgan fingerprint density at radius 3 is 2.79 bits per heavy atom. The van der Waals surface area contributed by atoms with Crippen molar-refractivity contribution in [2.24, 2.45) is 5.92 Å². The summed E-state index contributed by atoms with van der Waals surface area (Å²) >= 11 is 0. The highest BCUT2D eigenvalue weighted by Crippen LogP contribution is 2.29. The number of hydrogen-bond donors (Lipinski definition) is 1. The molecule has 0 bridgehead atoms. The van der Waals surface area contributed by atoms with Crippen LogP contribution in [0.4, 0.5) is 5.95 Å². The van der Waals surface area contributed by atoms with Gasteiger partial charge in [0.25, 0.3) is 0 Å². The molecule has 0 amide bonds. The Kier molecular flexibility index (Phi) is 3.72. The van der Waals surface area contributed by atoms with Crippen LogP contribution in [0.2, 0.25) is 0 Å². The number of methoxy groups -OCH3 is 1. The lowest BCUT2D eigenvalue weighted by Gasteiger charge is -2.23. The molecular formula is C14H18N4O. The second-order valence-corrected chi connectivity index (χ2v) is 4.89. The fourth-order valence-corrected chi connectivity index (χ4v) is 2.31. The lowest BCUT2D eigenvalue weighted by molar-refractivity contribution is 0.136. The van der Waals surface area contributed by atoms with Crippen molar-refractivity contribution in [3.8, 4) is 6.07 Å². The molecule has 5 nitrogen and oxygen atoms in total. The van der Waals surface area contributed by atoms with Gasteiger partial charge in [0.2, 0.25) is 5.95 Å². The van der Waals surface area contributed by atoms with E-state index >= 15 is 0 Å². The van der Waals surface area contributed by atoms with E-state index in [1.54, 1.807) is 13.2 Å². The van der Waals surface area contributed by atoms with Crippen molar-refractivity contribution in [1.82, 2.24) is 9.55 Å². The molecule has 0 saturated heterocycles. The van der Waals surface area contributed by atoms with Gasteiger partial charge in [-0.3, -0.25) is 0 Å². The molecule has 1 atom stereocenters. The van der Waals surface area contributed by atoms with Crippen LogP contribution in [-0.4, -0.2) is 23.3 Å². The molecule has 2 aromatic rings. The van der Waals surface area contributed by atoms with Crippen molar-refractivity contribution in [3.05, 3.63) is 23.8 Å². The summed E-state index contributed by atoms with van der Waals surface area (Å²) in [6.07, 6.45) is 0. The van der Waals surface area contributed by atoms with Crippen LogP contribution in [0.25, 0.3) is 11.0 Å². The lowest BCUT2D eigenvalue weighted by Crippen LogP contribution is -2.21. The van der Waals surface area contributed by atoms with Gasteiger partial charge < -0.3 is 15.0 Å². The third-order valence-electron chi connectivity index (χ3n) is 3.31. The van der Waals surface area contributed by atoms with Crippen LogP contribution < -0.4 is 5.73 Å². The second-order valence-electron chi connectivity index (χ2n) is 4.89. The van der Waals surface area contributed by atoms with Gasteiger partial charge in [0, 0.05) is 7.11 Å². The number of rotatable bonds is 4. The lowest BCUT2D eigenvalue weighted by atomic mass is 10.0. The van der Waals surface area contributed by atoms with E-state index < -0.39 is 0 Å². The quantitative estimate of drug-likeness (QED) is 0.913. The molecule has 1 unspecified atom stereocenters. The van der Waals surface area contributed by atoms with Crippen LogP contribution in [0, 0.1) is 17.2 Å². The largest absolute Gasteiger partial charge is 0.383 e. The van der Waals surface area contributed by atoms with E-state index in [-0.39, 0.29) is 6.04 Å². The first-order valence-electron chi connectivity index (χ1n) is 6.25. The average Bonchev–Trinajstić information content (AvgIpc) is 2.71. The van der Waals surface area contributed by atoms with Crippen molar-refractivity contribution in [2.45, 2.75) is 19.9 Å². The van der Waals surface area contributed by atoms with E-state index in [1.807, 2.05) is 16.7 Å². The Hall–Kier alpha value is -2.06. The zero-order valence-corrected chi connectivity index (χ0v) is 11.4. The number of fused-ring (bicyclic) bond motifs is 1. The molecule has 0 saturated carbocycles. The molecule has 0 aliphatic carbocycles. The summed E-state index contributed by atoms with van der Waals surface area (Å²) in [5, 5.41) is 9.12. The maximum absolute atomic E-state index is 9.12. The van der Waals surface area contributed by atoms with Crippen LogP contribution >= 0.6 is 0 Å². The molecule has 2 rings (SSSR count). The van der Waals surface area contributed by atoms with Crippen molar-refractivity contribution < 1.29 is 4.74 Å². The molecule has 0 radical (unpaired) electrons. The number of ether oxygens (including phenoxy) is 1. The van der Waals surface area contributed by atoms with E-state index in [0.29, 0.717) is 29.6 Å². The second kappa shape index (κ2) is 5.29. The highest BCUT2D eigenvalue weighted by atomic mass is 16.5. The minimum Gasteiger partial charge on any atom is -0.383 e. The van der Waals surface area contributed by atoms with Gasteiger partial charge in [-0.15, -0.1) is 0 Å². The van der Waals surface area contributed by atoms with E-state index in [2.05, 4.69) is 24.9 Å². The van der Waals surface area contributed by atoms with E-state index in [4.69, 9.17) is 15.7 Å². The summed E-state index contributed by atoms with van der Waals surface area (Å²) in [5.74, 6) is 0.777. The molecule has 5 heteroatoms. The Bertz CT molecular complexity index is 624. The van der Waals surface area contributed by atoms with Crippen molar-refractivity contribution in [2.75, 3.05) is 19.5 Å². The number of para-hydroxylation sites is 1. The van der Waals surface area contributed by atoms with Crippen molar-refractivity contribution >= 4 is 17.0 Å². The zero-order chi connectivity index (χ0) is 14.0. The summed E-state index contributed by atoms with van der Waals surface area (Å²) in [6.45, 7) is 4.79. The number of benzene rings is 1. The number of imidazole rings is 1. The van der Waals surface area contributed by atoms with Crippen LogP contribution in [0.5, 0.6) is 0 Å². The highest BCUT2D eigenvalue weighted by Gasteiger charge is 2.21. The monoisotopic (exact) mass is 258 g/mol. The maximum atomic E-state index is 9.12. The van der Waals surface area contributed by atoms with Crippen LogP contribution in [0.15, 0.2) is 18.2 Å². The zero-order valence-electron chi connectivity index (χ0n) is 11.4. The standard InChI is InChI=1S/C14H18N4O/c1-9(2)12(8-19-3)18-11-6-4-5-10(7-15)13(11)17-14(18)16/h4-6,9,12H,8H2,1-3H3,(H2,16,17). The SMILES string of the molecule is COCC(C(C)C)n1c(N)nc2c(C#N)cccc21. The van der Waals surface area contributed by atoms with Crippen LogP contribution in [0.3, 0.4) is 0 Å². The highest BCUT2D eigenvalue weighted by molar-refractivity contribution is 5.84. The van der Waals surface area contributed by atoms with Gasteiger partial charge in [-0.05, 0) is 18.1 Å². The molecule has 1 heterocycles. The topological polar surface area (TPSA) is 76.9 Å². The van der Waals surface area contributed by atoms with Crippen molar-refractivity contribution in [3.63, 3.8) is 0 Å². The van der Waals surface area contributed by atoms with Gasteiger partial charge in [-0.2, -0.15) is 5.26 Å². The number of nitrogens with zero attached hydrogens (tertiary/aromatic N) is 3. The van der Waals surface area contributed by atoms with Crippen molar-refractivity contribution in [1.29, 1.82) is 5.26 Å².